The summed E-state index contributed by atoms with van der Waals surface area (Å²) in [7, 11) is 3.28. The number of anilines is 2. The minimum Gasteiger partial charge on any atom is -0.497 e. The highest BCUT2D eigenvalue weighted by molar-refractivity contribution is 6.09. The van der Waals surface area contributed by atoms with Gasteiger partial charge in [0.1, 0.15) is 17.0 Å². The molecule has 0 saturated carbocycles. The van der Waals surface area contributed by atoms with E-state index in [1.807, 2.05) is 52.0 Å². The highest BCUT2D eigenvalue weighted by Gasteiger charge is 2.35. The first kappa shape index (κ1) is 29.4. The third kappa shape index (κ3) is 6.79. The Morgan fingerprint density at radius 1 is 1.05 bits per heavy atom. The molecule has 1 aliphatic rings. The number of hydrogen-bond acceptors (Lipinski definition) is 7. The van der Waals surface area contributed by atoms with Gasteiger partial charge in [-0.25, -0.2) is 9.48 Å². The second-order valence-electron chi connectivity index (χ2n) is 10.7. The van der Waals surface area contributed by atoms with Crippen LogP contribution in [0.15, 0.2) is 48.5 Å². The molecule has 0 spiro atoms. The fourth-order valence-corrected chi connectivity index (χ4v) is 4.50. The summed E-state index contributed by atoms with van der Waals surface area (Å²) in [6.07, 6.45) is 0.114. The van der Waals surface area contributed by atoms with Crippen molar-refractivity contribution in [1.29, 1.82) is 0 Å². The van der Waals surface area contributed by atoms with E-state index in [2.05, 4.69) is 15.7 Å². The molecule has 0 atom stereocenters. The van der Waals surface area contributed by atoms with E-state index in [4.69, 9.17) is 9.47 Å². The van der Waals surface area contributed by atoms with Crippen LogP contribution in [0, 0.1) is 0 Å². The summed E-state index contributed by atoms with van der Waals surface area (Å²) in [5.74, 6) is 0.145. The summed E-state index contributed by atoms with van der Waals surface area (Å²) >= 11 is 0. The van der Waals surface area contributed by atoms with Crippen molar-refractivity contribution in [2.75, 3.05) is 50.6 Å². The topological polar surface area (TPSA) is 118 Å². The number of rotatable bonds is 9. The van der Waals surface area contributed by atoms with Crippen LogP contribution in [-0.4, -0.2) is 78.5 Å². The Morgan fingerprint density at radius 2 is 1.71 bits per heavy atom. The van der Waals surface area contributed by atoms with Crippen LogP contribution in [0.3, 0.4) is 0 Å². The smallest absolute Gasteiger partial charge is 0.410 e. The molecule has 0 unspecified atom stereocenters. The third-order valence-electron chi connectivity index (χ3n) is 6.55. The summed E-state index contributed by atoms with van der Waals surface area (Å²) in [5.41, 5.74) is 2.98. The Labute approximate surface area is 240 Å². The molecule has 11 heteroatoms. The van der Waals surface area contributed by atoms with Crippen LogP contribution >= 0.6 is 0 Å². The zero-order valence-corrected chi connectivity index (χ0v) is 24.5. The lowest BCUT2D eigenvalue weighted by Crippen LogP contribution is -2.39. The summed E-state index contributed by atoms with van der Waals surface area (Å²) in [6.45, 7) is 9.22. The minimum absolute atomic E-state index is 0.232. The highest BCUT2D eigenvalue weighted by atomic mass is 16.6. The van der Waals surface area contributed by atoms with Crippen molar-refractivity contribution in [1.82, 2.24) is 20.0 Å². The predicted octanol–water partition coefficient (Wildman–Crippen LogP) is 4.11. The van der Waals surface area contributed by atoms with Gasteiger partial charge >= 0.3 is 6.09 Å². The number of likely N-dealkylation sites (N-methyl/N-ethyl adjacent to an activating group) is 1. The van der Waals surface area contributed by atoms with Gasteiger partial charge in [0.15, 0.2) is 5.69 Å². The first-order valence-corrected chi connectivity index (χ1v) is 13.7. The molecule has 0 bridgehead atoms. The van der Waals surface area contributed by atoms with Gasteiger partial charge in [-0.15, -0.1) is 0 Å². The van der Waals surface area contributed by atoms with Crippen LogP contribution in [0.1, 0.15) is 54.2 Å². The second-order valence-corrected chi connectivity index (χ2v) is 10.7. The van der Waals surface area contributed by atoms with Crippen LogP contribution in [0.5, 0.6) is 5.75 Å². The maximum atomic E-state index is 13.9. The largest absolute Gasteiger partial charge is 0.497 e. The Morgan fingerprint density at radius 3 is 2.32 bits per heavy atom. The molecular weight excluding hydrogens is 524 g/mol. The zero-order chi connectivity index (χ0) is 29.7. The van der Waals surface area contributed by atoms with E-state index < -0.39 is 5.60 Å². The number of carbonyl (C=O) groups is 3. The number of nitrogens with one attached hydrogen (secondary N) is 2. The number of methoxy groups -OCH3 is 1. The molecule has 1 aromatic heterocycles. The molecule has 3 aromatic rings. The Balaban J connectivity index is 1.50. The van der Waals surface area contributed by atoms with Crippen molar-refractivity contribution in [2.45, 2.75) is 39.7 Å². The summed E-state index contributed by atoms with van der Waals surface area (Å²) in [4.78, 5) is 42.1. The van der Waals surface area contributed by atoms with Gasteiger partial charge < -0.3 is 29.9 Å². The molecule has 4 rings (SSSR count). The van der Waals surface area contributed by atoms with Gasteiger partial charge in [0.05, 0.1) is 12.8 Å². The number of hydrogen-bond donors (Lipinski definition) is 2. The molecule has 2 N–H and O–H groups in total. The number of nitrogens with zero attached hydrogens (tertiary/aromatic N) is 4. The Bertz CT molecular complexity index is 1390. The summed E-state index contributed by atoms with van der Waals surface area (Å²) < 4.78 is 12.2. The van der Waals surface area contributed by atoms with Gasteiger partial charge in [-0.3, -0.25) is 9.59 Å². The quantitative estimate of drug-likeness (QED) is 0.403. The number of benzene rings is 2. The van der Waals surface area contributed by atoms with Gasteiger partial charge in [-0.1, -0.05) is 0 Å². The molecule has 0 saturated heterocycles. The lowest BCUT2D eigenvalue weighted by molar-refractivity contribution is 0.0305. The van der Waals surface area contributed by atoms with E-state index in [1.165, 1.54) is 4.90 Å². The normalized spacial score (nSPS) is 12.9. The molecule has 3 amide bonds. The standard InChI is InChI=1S/C30H38N6O5/c1-7-31-27(37)25-24-16-18-35(28(38)26(24)36(33-25)22-12-14-23(40-6)15-13-22)21-10-8-20(9-11-21)32-17-19-34(5)29(39)41-30(2,3)4/h8-15,32H,7,16-19H2,1-6H3,(H,31,37). The molecule has 0 fully saturated rings. The fraction of sp³-hybridized carbons (Fsp3) is 0.400. The monoisotopic (exact) mass is 562 g/mol. The Kier molecular flexibility index (Phi) is 8.85. The van der Waals surface area contributed by atoms with E-state index in [-0.39, 0.29) is 23.6 Å². The maximum absolute atomic E-state index is 13.9. The number of aromatic nitrogens is 2. The summed E-state index contributed by atoms with van der Waals surface area (Å²) in [5, 5.41) is 10.7. The molecule has 218 valence electrons. The molecule has 41 heavy (non-hydrogen) atoms. The van der Waals surface area contributed by atoms with Crippen molar-refractivity contribution < 1.29 is 23.9 Å². The molecule has 2 heterocycles. The number of carbonyl (C=O) groups excluding carboxylic acids is 3. The molecule has 1 aliphatic heterocycles. The SMILES string of the molecule is CCNC(=O)c1nn(-c2ccc(OC)cc2)c2c1CCN(c1ccc(NCCN(C)C(=O)OC(C)(C)C)cc1)C2=O. The first-order valence-electron chi connectivity index (χ1n) is 13.7. The van der Waals surface area contributed by atoms with E-state index in [0.717, 1.165) is 11.4 Å². The summed E-state index contributed by atoms with van der Waals surface area (Å²) in [6, 6.07) is 14.7. The first-order chi connectivity index (χ1) is 19.5. The lowest BCUT2D eigenvalue weighted by Gasteiger charge is -2.28. The van der Waals surface area contributed by atoms with Crippen LogP contribution < -0.4 is 20.3 Å². The lowest BCUT2D eigenvalue weighted by atomic mass is 10.0. The number of amides is 3. The third-order valence-corrected chi connectivity index (χ3v) is 6.55. The van der Waals surface area contributed by atoms with Gasteiger partial charge in [0.25, 0.3) is 11.8 Å². The molecule has 11 nitrogen and oxygen atoms in total. The Hall–Kier alpha value is -4.54. The average Bonchev–Trinajstić information content (AvgIpc) is 3.34. The van der Waals surface area contributed by atoms with Crippen molar-refractivity contribution in [3.63, 3.8) is 0 Å². The van der Waals surface area contributed by atoms with E-state index >= 15 is 0 Å². The van der Waals surface area contributed by atoms with Crippen molar-refractivity contribution in [3.05, 3.63) is 65.5 Å². The minimum atomic E-state index is -0.545. The molecule has 0 aliphatic carbocycles. The molecule has 2 aromatic carbocycles. The van der Waals surface area contributed by atoms with Crippen molar-refractivity contribution >= 4 is 29.3 Å². The van der Waals surface area contributed by atoms with Crippen LogP contribution in [0.2, 0.25) is 0 Å². The number of fused-ring (bicyclic) bond motifs is 1. The van der Waals surface area contributed by atoms with Gasteiger partial charge in [-0.05, 0) is 82.6 Å². The van der Waals surface area contributed by atoms with Gasteiger partial charge in [0.2, 0.25) is 0 Å². The average molecular weight is 563 g/mol. The van der Waals surface area contributed by atoms with E-state index in [9.17, 15) is 14.4 Å². The van der Waals surface area contributed by atoms with Crippen molar-refractivity contribution in [3.8, 4) is 11.4 Å². The van der Waals surface area contributed by atoms with Crippen LogP contribution in [0.25, 0.3) is 5.69 Å². The fourth-order valence-electron chi connectivity index (χ4n) is 4.50. The molecule has 0 radical (unpaired) electrons. The maximum Gasteiger partial charge on any atom is 0.410 e. The van der Waals surface area contributed by atoms with Crippen LogP contribution in [-0.2, 0) is 11.2 Å². The number of ether oxygens (including phenoxy) is 2. The van der Waals surface area contributed by atoms with Gasteiger partial charge in [-0.2, -0.15) is 5.10 Å². The van der Waals surface area contributed by atoms with Crippen LogP contribution in [0.4, 0.5) is 16.2 Å². The molecular formula is C30H38N6O5. The van der Waals surface area contributed by atoms with E-state index in [1.54, 1.807) is 48.0 Å². The van der Waals surface area contributed by atoms with Crippen molar-refractivity contribution in [2.24, 2.45) is 0 Å². The van der Waals surface area contributed by atoms with Gasteiger partial charge in [0, 0.05) is 50.2 Å². The second kappa shape index (κ2) is 12.3. The van der Waals surface area contributed by atoms with E-state index in [0.29, 0.717) is 55.3 Å². The highest BCUT2D eigenvalue weighted by Crippen LogP contribution is 2.30. The zero-order valence-electron chi connectivity index (χ0n) is 24.5. The predicted molar refractivity (Wildman–Crippen MR) is 157 cm³/mol.